The summed E-state index contributed by atoms with van der Waals surface area (Å²) in [5.41, 5.74) is 4.03. The Morgan fingerprint density at radius 3 is 2.45 bits per heavy atom. The number of carbonyl (C=O) groups excluding carboxylic acids is 1. The topological polar surface area (TPSA) is 58.4 Å². The Kier molecular flexibility index (Phi) is 6.06. The first-order valence-electron chi connectivity index (χ1n) is 10.3. The molecule has 2 aromatic carbocycles. The van der Waals surface area contributed by atoms with Gasteiger partial charge in [-0.05, 0) is 56.1 Å². The Bertz CT molecular complexity index is 942. The summed E-state index contributed by atoms with van der Waals surface area (Å²) < 4.78 is 5.74. The van der Waals surface area contributed by atoms with Crippen molar-refractivity contribution >= 4 is 5.91 Å². The Balaban J connectivity index is 1.29. The highest BCUT2D eigenvalue weighted by atomic mass is 16.4. The quantitative estimate of drug-likeness (QED) is 0.661. The first kappa shape index (κ1) is 19.4. The van der Waals surface area contributed by atoms with Gasteiger partial charge in [0.25, 0.3) is 0 Å². The molecule has 0 atom stereocenters. The van der Waals surface area contributed by atoms with Crippen LogP contribution in [-0.2, 0) is 24.3 Å². The van der Waals surface area contributed by atoms with E-state index < -0.39 is 0 Å². The molecule has 1 aliphatic heterocycles. The average Bonchev–Trinajstić information content (AvgIpc) is 3.38. The maximum absolute atomic E-state index is 12.4. The van der Waals surface area contributed by atoms with Crippen molar-refractivity contribution in [1.29, 1.82) is 0 Å². The summed E-state index contributed by atoms with van der Waals surface area (Å²) in [7, 11) is 0. The van der Waals surface area contributed by atoms with Crippen molar-refractivity contribution in [2.75, 3.05) is 13.1 Å². The molecule has 0 spiro atoms. The van der Waals surface area contributed by atoms with Gasteiger partial charge in [-0.2, -0.15) is 0 Å². The summed E-state index contributed by atoms with van der Waals surface area (Å²) in [5, 5.41) is 2.99. The first-order valence-corrected chi connectivity index (χ1v) is 10.3. The van der Waals surface area contributed by atoms with Crippen LogP contribution >= 0.6 is 0 Å². The molecule has 3 aromatic rings. The van der Waals surface area contributed by atoms with E-state index in [-0.39, 0.29) is 12.3 Å². The van der Waals surface area contributed by atoms with Crippen molar-refractivity contribution in [2.45, 2.75) is 39.3 Å². The predicted molar refractivity (Wildman–Crippen MR) is 113 cm³/mol. The number of amides is 1. The summed E-state index contributed by atoms with van der Waals surface area (Å²) in [5.74, 6) is 1.19. The lowest BCUT2D eigenvalue weighted by molar-refractivity contribution is -0.120. The molecule has 0 aliphatic carbocycles. The molecule has 1 saturated heterocycles. The monoisotopic (exact) mass is 389 g/mol. The predicted octanol–water partition coefficient (Wildman–Crippen LogP) is 4.10. The molecule has 1 N–H and O–H groups in total. The molecule has 29 heavy (non-hydrogen) atoms. The van der Waals surface area contributed by atoms with Crippen molar-refractivity contribution in [3.8, 4) is 11.5 Å². The summed E-state index contributed by atoms with van der Waals surface area (Å²) >= 11 is 0. The minimum Gasteiger partial charge on any atom is -0.441 e. The van der Waals surface area contributed by atoms with Crippen LogP contribution in [-0.4, -0.2) is 28.9 Å². The number of carbonyl (C=O) groups is 1. The number of nitrogens with zero attached hydrogens (tertiary/aromatic N) is 2. The van der Waals surface area contributed by atoms with Crippen LogP contribution in [0.1, 0.15) is 35.4 Å². The molecule has 0 radical (unpaired) electrons. The molecule has 5 nitrogen and oxygen atoms in total. The smallest absolute Gasteiger partial charge is 0.226 e. The van der Waals surface area contributed by atoms with Gasteiger partial charge in [-0.1, -0.05) is 42.5 Å². The van der Waals surface area contributed by atoms with Crippen molar-refractivity contribution in [3.63, 3.8) is 0 Å². The van der Waals surface area contributed by atoms with E-state index in [1.54, 1.807) is 0 Å². The van der Waals surface area contributed by atoms with Gasteiger partial charge in [-0.3, -0.25) is 9.69 Å². The van der Waals surface area contributed by atoms with Gasteiger partial charge in [-0.25, -0.2) is 4.98 Å². The van der Waals surface area contributed by atoms with E-state index >= 15 is 0 Å². The zero-order chi connectivity index (χ0) is 20.1. The minimum absolute atomic E-state index is 0.0536. The molecular weight excluding hydrogens is 362 g/mol. The molecule has 1 amide bonds. The Hall–Kier alpha value is -2.92. The Morgan fingerprint density at radius 2 is 1.72 bits per heavy atom. The van der Waals surface area contributed by atoms with E-state index in [2.05, 4.69) is 39.5 Å². The number of aromatic nitrogens is 1. The summed E-state index contributed by atoms with van der Waals surface area (Å²) in [6.07, 6.45) is 2.83. The largest absolute Gasteiger partial charge is 0.441 e. The zero-order valence-electron chi connectivity index (χ0n) is 16.9. The first-order chi connectivity index (χ1) is 14.2. The van der Waals surface area contributed by atoms with Gasteiger partial charge in [0.1, 0.15) is 5.76 Å². The number of aryl methyl sites for hydroxylation is 1. The number of hydrogen-bond donors (Lipinski definition) is 1. The van der Waals surface area contributed by atoms with E-state index in [4.69, 9.17) is 4.42 Å². The second kappa shape index (κ2) is 9.05. The minimum atomic E-state index is -0.0536. The molecule has 150 valence electrons. The molecule has 0 bridgehead atoms. The van der Waals surface area contributed by atoms with Crippen LogP contribution in [0, 0.1) is 6.92 Å². The van der Waals surface area contributed by atoms with Gasteiger partial charge in [0.05, 0.1) is 12.1 Å². The molecule has 1 aromatic heterocycles. The fourth-order valence-electron chi connectivity index (χ4n) is 3.67. The molecule has 0 unspecified atom stereocenters. The lowest BCUT2D eigenvalue weighted by Gasteiger charge is -2.14. The third-order valence-electron chi connectivity index (χ3n) is 5.36. The van der Waals surface area contributed by atoms with Gasteiger partial charge >= 0.3 is 0 Å². The van der Waals surface area contributed by atoms with Gasteiger partial charge in [-0.15, -0.1) is 0 Å². The number of oxazole rings is 1. The second-order valence-corrected chi connectivity index (χ2v) is 7.64. The van der Waals surface area contributed by atoms with Gasteiger partial charge < -0.3 is 9.73 Å². The van der Waals surface area contributed by atoms with Crippen molar-refractivity contribution in [1.82, 2.24) is 15.2 Å². The van der Waals surface area contributed by atoms with Crippen LogP contribution in [0.4, 0.5) is 0 Å². The highest BCUT2D eigenvalue weighted by molar-refractivity contribution is 5.78. The summed E-state index contributed by atoms with van der Waals surface area (Å²) in [6, 6.07) is 18.2. The fraction of sp³-hybridized carbons (Fsp3) is 0.333. The molecule has 4 rings (SSSR count). The number of rotatable bonds is 7. The highest BCUT2D eigenvalue weighted by Gasteiger charge is 2.15. The normalized spacial score (nSPS) is 14.2. The van der Waals surface area contributed by atoms with Gasteiger partial charge in [0, 0.05) is 18.7 Å². The molecule has 1 fully saturated rings. The van der Waals surface area contributed by atoms with Crippen LogP contribution in [0.5, 0.6) is 0 Å². The number of benzene rings is 2. The van der Waals surface area contributed by atoms with Crippen molar-refractivity contribution in [3.05, 3.63) is 77.2 Å². The van der Waals surface area contributed by atoms with Gasteiger partial charge in [0.2, 0.25) is 11.8 Å². The van der Waals surface area contributed by atoms with Crippen molar-refractivity contribution in [2.24, 2.45) is 0 Å². The Labute approximate surface area is 171 Å². The highest BCUT2D eigenvalue weighted by Crippen LogP contribution is 2.21. The SMILES string of the molecule is Cc1oc(-c2ccccc2)nc1CC(=O)NCc1ccc(CN2CCCC2)cc1. The van der Waals surface area contributed by atoms with Crippen LogP contribution < -0.4 is 5.32 Å². The standard InChI is InChI=1S/C24H27N3O2/c1-18-22(26-24(29-18)21-7-3-2-4-8-21)15-23(28)25-16-19-9-11-20(12-10-19)17-27-13-5-6-14-27/h2-4,7-12H,5-6,13-17H2,1H3,(H,25,28). The number of likely N-dealkylation sites (tertiary alicyclic amines) is 1. The molecule has 0 saturated carbocycles. The molecule has 2 heterocycles. The summed E-state index contributed by atoms with van der Waals surface area (Å²) in [6.45, 7) is 5.78. The zero-order valence-corrected chi connectivity index (χ0v) is 16.9. The Morgan fingerprint density at radius 1 is 1.03 bits per heavy atom. The molecule has 1 aliphatic rings. The van der Waals surface area contributed by atoms with E-state index in [0.717, 1.165) is 17.7 Å². The van der Waals surface area contributed by atoms with Crippen LogP contribution in [0.15, 0.2) is 59.0 Å². The third kappa shape index (κ3) is 5.12. The maximum atomic E-state index is 12.4. The van der Waals surface area contributed by atoms with E-state index in [0.29, 0.717) is 23.9 Å². The van der Waals surface area contributed by atoms with E-state index in [9.17, 15) is 4.79 Å². The van der Waals surface area contributed by atoms with Crippen LogP contribution in [0.3, 0.4) is 0 Å². The fourth-order valence-corrected chi connectivity index (χ4v) is 3.67. The lowest BCUT2D eigenvalue weighted by atomic mass is 10.1. The van der Waals surface area contributed by atoms with Crippen molar-refractivity contribution < 1.29 is 9.21 Å². The van der Waals surface area contributed by atoms with E-state index in [1.165, 1.54) is 31.5 Å². The van der Waals surface area contributed by atoms with Gasteiger partial charge in [0.15, 0.2) is 0 Å². The average molecular weight is 389 g/mol. The molecular formula is C24H27N3O2. The van der Waals surface area contributed by atoms with E-state index in [1.807, 2.05) is 37.3 Å². The molecule has 5 heteroatoms. The second-order valence-electron chi connectivity index (χ2n) is 7.64. The lowest BCUT2D eigenvalue weighted by Crippen LogP contribution is -2.25. The third-order valence-corrected chi connectivity index (χ3v) is 5.36. The number of nitrogens with one attached hydrogen (secondary N) is 1. The van der Waals surface area contributed by atoms with Crippen LogP contribution in [0.25, 0.3) is 11.5 Å². The maximum Gasteiger partial charge on any atom is 0.226 e. The summed E-state index contributed by atoms with van der Waals surface area (Å²) in [4.78, 5) is 19.4. The van der Waals surface area contributed by atoms with Crippen LogP contribution in [0.2, 0.25) is 0 Å². The number of hydrogen-bond acceptors (Lipinski definition) is 4.